The van der Waals surface area contributed by atoms with Gasteiger partial charge in [0, 0.05) is 0 Å². The molecule has 0 spiro atoms. The molecule has 0 saturated heterocycles. The van der Waals surface area contributed by atoms with Crippen molar-refractivity contribution in [3.63, 3.8) is 0 Å². The van der Waals surface area contributed by atoms with Crippen molar-refractivity contribution >= 4 is 5.97 Å². The van der Waals surface area contributed by atoms with Crippen LogP contribution in [0.15, 0.2) is 12.4 Å². The van der Waals surface area contributed by atoms with E-state index < -0.39 is 48.0 Å². The van der Waals surface area contributed by atoms with E-state index >= 15 is 0 Å². The van der Waals surface area contributed by atoms with Crippen LogP contribution in [0.4, 0.5) is 52.7 Å². The Morgan fingerprint density at radius 1 is 0.875 bits per heavy atom. The van der Waals surface area contributed by atoms with Crippen molar-refractivity contribution in [2.24, 2.45) is 0 Å². The molecule has 0 rings (SSSR count). The standard InChI is InChI=1S/C9H4F12O3/c1-2(10)3(22)24-4(6(13,14)15)5(11,12)7(23,8(16,17)18)9(19,20)21/h4,23H,1H2. The molecule has 0 aliphatic heterocycles. The summed E-state index contributed by atoms with van der Waals surface area (Å²) in [6.45, 7) is 1.97. The lowest BCUT2D eigenvalue weighted by Gasteiger charge is -2.41. The average molecular weight is 388 g/mol. The zero-order chi connectivity index (χ0) is 19.9. The first-order chi connectivity index (χ1) is 10.2. The lowest BCUT2D eigenvalue weighted by atomic mass is 9.89. The fraction of sp³-hybridized carbons (Fsp3) is 0.667. The van der Waals surface area contributed by atoms with Crippen molar-refractivity contribution in [2.45, 2.75) is 36.2 Å². The zero-order valence-electron chi connectivity index (χ0n) is 10.6. The molecule has 0 fully saturated rings. The number of hydrogen-bond acceptors (Lipinski definition) is 3. The Morgan fingerprint density at radius 3 is 1.42 bits per heavy atom. The minimum absolute atomic E-state index is 1.97. The summed E-state index contributed by atoms with van der Waals surface area (Å²) in [5, 5.41) is 8.39. The first-order valence-corrected chi connectivity index (χ1v) is 5.07. The van der Waals surface area contributed by atoms with Gasteiger partial charge in [-0.2, -0.15) is 52.7 Å². The lowest BCUT2D eigenvalue weighted by Crippen LogP contribution is -2.73. The van der Waals surface area contributed by atoms with Crippen LogP contribution in [-0.4, -0.2) is 47.2 Å². The molecule has 0 amide bonds. The molecule has 24 heavy (non-hydrogen) atoms. The van der Waals surface area contributed by atoms with E-state index in [4.69, 9.17) is 5.11 Å². The molecule has 0 radical (unpaired) electrons. The molecule has 0 aromatic carbocycles. The van der Waals surface area contributed by atoms with E-state index in [0.717, 1.165) is 0 Å². The second-order valence-corrected chi connectivity index (χ2v) is 4.06. The summed E-state index contributed by atoms with van der Waals surface area (Å²) in [7, 11) is 0. The molecule has 0 aromatic heterocycles. The van der Waals surface area contributed by atoms with Crippen LogP contribution in [-0.2, 0) is 9.53 Å². The first-order valence-electron chi connectivity index (χ1n) is 5.07. The summed E-state index contributed by atoms with van der Waals surface area (Å²) < 4.78 is 153. The number of ether oxygens (including phenoxy) is 1. The summed E-state index contributed by atoms with van der Waals surface area (Å²) in [5.74, 6) is -12.8. The van der Waals surface area contributed by atoms with Crippen LogP contribution in [0.25, 0.3) is 0 Å². The van der Waals surface area contributed by atoms with Crippen molar-refractivity contribution in [3.05, 3.63) is 12.4 Å². The second kappa shape index (κ2) is 6.00. The summed E-state index contributed by atoms with van der Waals surface area (Å²) >= 11 is 0. The number of carbonyl (C=O) groups excluding carboxylic acids is 1. The number of hydrogen-bond donors (Lipinski definition) is 1. The number of rotatable bonds is 4. The summed E-state index contributed by atoms with van der Waals surface area (Å²) in [6.07, 6.45) is -27.0. The van der Waals surface area contributed by atoms with Crippen molar-refractivity contribution in [1.82, 2.24) is 0 Å². The van der Waals surface area contributed by atoms with Gasteiger partial charge < -0.3 is 9.84 Å². The fourth-order valence-electron chi connectivity index (χ4n) is 1.25. The number of alkyl halides is 11. The molecule has 0 heterocycles. The Labute approximate surface area is 123 Å². The third-order valence-corrected chi connectivity index (χ3v) is 2.38. The van der Waals surface area contributed by atoms with Gasteiger partial charge in [-0.1, -0.05) is 6.58 Å². The smallest absolute Gasteiger partial charge is 0.432 e. The maximum Gasteiger partial charge on any atom is 0.432 e. The van der Waals surface area contributed by atoms with Gasteiger partial charge in [0.05, 0.1) is 0 Å². The predicted octanol–water partition coefficient (Wildman–Crippen LogP) is 3.43. The van der Waals surface area contributed by atoms with Crippen LogP contribution in [0.3, 0.4) is 0 Å². The lowest BCUT2D eigenvalue weighted by molar-refractivity contribution is -0.445. The minimum Gasteiger partial charge on any atom is -0.441 e. The topological polar surface area (TPSA) is 46.5 Å². The molecule has 3 nitrogen and oxygen atoms in total. The van der Waals surface area contributed by atoms with Gasteiger partial charge in [-0.15, -0.1) is 0 Å². The van der Waals surface area contributed by atoms with E-state index in [1.807, 2.05) is 6.58 Å². The molecule has 0 aliphatic rings. The molecule has 1 atom stereocenters. The monoisotopic (exact) mass is 388 g/mol. The number of aliphatic hydroxyl groups is 1. The van der Waals surface area contributed by atoms with E-state index in [2.05, 4.69) is 4.74 Å². The van der Waals surface area contributed by atoms with E-state index in [1.165, 1.54) is 0 Å². The third-order valence-electron chi connectivity index (χ3n) is 2.38. The van der Waals surface area contributed by atoms with Crippen molar-refractivity contribution in [2.75, 3.05) is 0 Å². The SMILES string of the molecule is C=C(F)C(=O)OC(C(F)(F)F)C(F)(F)C(O)(C(F)(F)F)C(F)(F)F. The Balaban J connectivity index is 6.43. The van der Waals surface area contributed by atoms with Gasteiger partial charge in [0.15, 0.2) is 0 Å². The summed E-state index contributed by atoms with van der Waals surface area (Å²) in [4.78, 5) is 10.5. The van der Waals surface area contributed by atoms with Crippen LogP contribution in [0.1, 0.15) is 0 Å². The maximum atomic E-state index is 13.4. The molecule has 0 bridgehead atoms. The molecule has 15 heteroatoms. The Bertz CT molecular complexity index is 485. The van der Waals surface area contributed by atoms with Crippen LogP contribution in [0.5, 0.6) is 0 Å². The second-order valence-electron chi connectivity index (χ2n) is 4.06. The van der Waals surface area contributed by atoms with E-state index in [-0.39, 0.29) is 0 Å². The highest BCUT2D eigenvalue weighted by molar-refractivity contribution is 5.85. The van der Waals surface area contributed by atoms with Crippen LogP contribution >= 0.6 is 0 Å². The van der Waals surface area contributed by atoms with Crippen molar-refractivity contribution in [3.8, 4) is 0 Å². The van der Waals surface area contributed by atoms with E-state index in [9.17, 15) is 57.5 Å². The highest BCUT2D eigenvalue weighted by atomic mass is 19.4. The number of esters is 1. The summed E-state index contributed by atoms with van der Waals surface area (Å²) in [5.41, 5.74) is -7.26. The van der Waals surface area contributed by atoms with Crippen molar-refractivity contribution in [1.29, 1.82) is 0 Å². The van der Waals surface area contributed by atoms with Crippen LogP contribution < -0.4 is 0 Å². The Morgan fingerprint density at radius 2 is 1.21 bits per heavy atom. The fourth-order valence-corrected chi connectivity index (χ4v) is 1.25. The largest absolute Gasteiger partial charge is 0.441 e. The molecule has 0 saturated carbocycles. The van der Waals surface area contributed by atoms with Crippen LogP contribution in [0, 0.1) is 0 Å². The maximum absolute atomic E-state index is 13.4. The molecular weight excluding hydrogens is 384 g/mol. The highest BCUT2D eigenvalue weighted by Gasteiger charge is 2.87. The van der Waals surface area contributed by atoms with Gasteiger partial charge in [-0.3, -0.25) is 0 Å². The van der Waals surface area contributed by atoms with E-state index in [0.29, 0.717) is 0 Å². The predicted molar refractivity (Wildman–Crippen MR) is 48.2 cm³/mol. The molecule has 1 N–H and O–H groups in total. The quantitative estimate of drug-likeness (QED) is 0.456. The molecule has 142 valence electrons. The van der Waals surface area contributed by atoms with Gasteiger partial charge in [-0.25, -0.2) is 4.79 Å². The van der Waals surface area contributed by atoms with Gasteiger partial charge in [-0.05, 0) is 0 Å². The molecule has 1 unspecified atom stereocenters. The number of halogens is 12. The number of carbonyl (C=O) groups is 1. The van der Waals surface area contributed by atoms with Gasteiger partial charge in [0.2, 0.25) is 5.83 Å². The Hall–Kier alpha value is -1.67. The van der Waals surface area contributed by atoms with Crippen LogP contribution in [0.2, 0.25) is 0 Å². The molecule has 0 aliphatic carbocycles. The molecule has 0 aromatic rings. The van der Waals surface area contributed by atoms with Gasteiger partial charge in [0.25, 0.3) is 6.10 Å². The normalized spacial score (nSPS) is 15.9. The first kappa shape index (κ1) is 22.3. The zero-order valence-corrected chi connectivity index (χ0v) is 10.6. The van der Waals surface area contributed by atoms with Gasteiger partial charge >= 0.3 is 36.0 Å². The minimum atomic E-state index is -7.38. The van der Waals surface area contributed by atoms with Gasteiger partial charge in [0.1, 0.15) is 0 Å². The Kier molecular flexibility index (Phi) is 5.58. The molecular formula is C9H4F12O3. The van der Waals surface area contributed by atoms with E-state index in [1.54, 1.807) is 0 Å². The summed E-state index contributed by atoms with van der Waals surface area (Å²) in [6, 6.07) is 0. The van der Waals surface area contributed by atoms with Crippen molar-refractivity contribution < 1.29 is 67.3 Å². The average Bonchev–Trinajstić information content (AvgIpc) is 2.29. The third kappa shape index (κ3) is 3.70. The highest BCUT2D eigenvalue weighted by Crippen LogP contribution is 2.55.